The largest absolute Gasteiger partial charge is 0.444 e. The van der Waals surface area contributed by atoms with Crippen LogP contribution in [-0.4, -0.2) is 41.4 Å². The molecule has 0 radical (unpaired) electrons. The third-order valence-corrected chi connectivity index (χ3v) is 3.36. The first-order valence-electron chi connectivity index (χ1n) is 5.92. The van der Waals surface area contributed by atoms with Crippen molar-refractivity contribution in [3.8, 4) is 0 Å². The monoisotopic (exact) mass is 271 g/mol. The van der Waals surface area contributed by atoms with E-state index in [-0.39, 0.29) is 12.6 Å². The summed E-state index contributed by atoms with van der Waals surface area (Å²) in [5.41, 5.74) is -0.520. The molecule has 0 saturated heterocycles. The number of carbonyl (C=O) groups excluding carboxylic acids is 1. The zero-order valence-corrected chi connectivity index (χ0v) is 12.2. The van der Waals surface area contributed by atoms with Gasteiger partial charge in [0.2, 0.25) is 0 Å². The van der Waals surface area contributed by atoms with Gasteiger partial charge in [0.1, 0.15) is 5.60 Å². The smallest absolute Gasteiger partial charge is 0.410 e. The van der Waals surface area contributed by atoms with Crippen LogP contribution in [0.1, 0.15) is 25.6 Å². The molecule has 5 heteroatoms. The van der Waals surface area contributed by atoms with Gasteiger partial charge in [-0.1, -0.05) is 6.07 Å². The molecule has 0 aliphatic rings. The maximum Gasteiger partial charge on any atom is 0.410 e. The summed E-state index contributed by atoms with van der Waals surface area (Å²) in [6.07, 6.45) is 0.238. The van der Waals surface area contributed by atoms with E-state index in [1.54, 1.807) is 18.4 Å². The van der Waals surface area contributed by atoms with Gasteiger partial charge in [0.05, 0.1) is 12.6 Å². The van der Waals surface area contributed by atoms with Crippen molar-refractivity contribution in [3.05, 3.63) is 22.4 Å². The number of aliphatic hydroxyl groups is 1. The van der Waals surface area contributed by atoms with E-state index in [1.807, 2.05) is 38.3 Å². The van der Waals surface area contributed by atoms with E-state index in [0.717, 1.165) is 4.88 Å². The highest BCUT2D eigenvalue weighted by molar-refractivity contribution is 7.09. The van der Waals surface area contributed by atoms with E-state index in [2.05, 4.69) is 0 Å². The van der Waals surface area contributed by atoms with Crippen LogP contribution in [0, 0.1) is 0 Å². The summed E-state index contributed by atoms with van der Waals surface area (Å²) >= 11 is 1.62. The van der Waals surface area contributed by atoms with E-state index < -0.39 is 11.7 Å². The lowest BCUT2D eigenvalue weighted by Gasteiger charge is -2.29. The lowest BCUT2D eigenvalue weighted by molar-refractivity contribution is 0.0164. The Kier molecular flexibility index (Phi) is 5.16. The molecule has 102 valence electrons. The van der Waals surface area contributed by atoms with Gasteiger partial charge in [0, 0.05) is 18.3 Å². The number of amides is 1. The summed E-state index contributed by atoms with van der Waals surface area (Å²) in [6, 6.07) is 3.71. The Bertz CT molecular complexity index is 370. The molecule has 0 aliphatic heterocycles. The van der Waals surface area contributed by atoms with Crippen molar-refractivity contribution in [2.45, 2.75) is 38.8 Å². The Morgan fingerprint density at radius 3 is 2.67 bits per heavy atom. The quantitative estimate of drug-likeness (QED) is 0.915. The Hall–Kier alpha value is -1.07. The minimum Gasteiger partial charge on any atom is -0.444 e. The standard InChI is InChI=1S/C13H21NO3S/c1-13(2,3)17-12(16)14(4)10(9-15)8-11-6-5-7-18-11/h5-7,10,15H,8-9H2,1-4H3. The van der Waals surface area contributed by atoms with Crippen molar-refractivity contribution in [1.82, 2.24) is 4.90 Å². The Morgan fingerprint density at radius 1 is 1.56 bits per heavy atom. The first kappa shape index (κ1) is 15.0. The molecular formula is C13H21NO3S. The van der Waals surface area contributed by atoms with E-state index in [1.165, 1.54) is 4.90 Å². The zero-order chi connectivity index (χ0) is 13.8. The van der Waals surface area contributed by atoms with Crippen LogP contribution in [0.15, 0.2) is 17.5 Å². The number of rotatable bonds is 4. The van der Waals surface area contributed by atoms with Crippen LogP contribution in [0.25, 0.3) is 0 Å². The topological polar surface area (TPSA) is 49.8 Å². The van der Waals surface area contributed by atoms with Gasteiger partial charge in [-0.15, -0.1) is 11.3 Å². The molecule has 1 atom stereocenters. The molecule has 1 amide bonds. The fourth-order valence-corrected chi connectivity index (χ4v) is 2.25. The lowest BCUT2D eigenvalue weighted by Crippen LogP contribution is -2.43. The lowest BCUT2D eigenvalue weighted by atomic mass is 10.1. The fraction of sp³-hybridized carbons (Fsp3) is 0.615. The number of hydrogen-bond donors (Lipinski definition) is 1. The first-order valence-corrected chi connectivity index (χ1v) is 6.80. The van der Waals surface area contributed by atoms with E-state index in [9.17, 15) is 9.90 Å². The molecule has 0 aliphatic carbocycles. The minimum atomic E-state index is -0.520. The maximum absolute atomic E-state index is 11.9. The number of thiophene rings is 1. The van der Waals surface area contributed by atoms with Crippen LogP contribution in [0.3, 0.4) is 0 Å². The molecular weight excluding hydrogens is 250 g/mol. The molecule has 18 heavy (non-hydrogen) atoms. The second-order valence-electron chi connectivity index (χ2n) is 5.21. The zero-order valence-electron chi connectivity index (χ0n) is 11.3. The molecule has 1 N–H and O–H groups in total. The highest BCUT2D eigenvalue weighted by Gasteiger charge is 2.25. The second kappa shape index (κ2) is 6.20. The van der Waals surface area contributed by atoms with Crippen LogP contribution in [0.2, 0.25) is 0 Å². The number of ether oxygens (including phenoxy) is 1. The molecule has 4 nitrogen and oxygen atoms in total. The van der Waals surface area contributed by atoms with Crippen LogP contribution >= 0.6 is 11.3 Å². The van der Waals surface area contributed by atoms with E-state index in [0.29, 0.717) is 6.42 Å². The van der Waals surface area contributed by atoms with Crippen molar-refractivity contribution >= 4 is 17.4 Å². The summed E-state index contributed by atoms with van der Waals surface area (Å²) < 4.78 is 5.28. The van der Waals surface area contributed by atoms with Gasteiger partial charge in [-0.05, 0) is 32.2 Å². The van der Waals surface area contributed by atoms with Gasteiger partial charge in [-0.3, -0.25) is 0 Å². The molecule has 0 saturated carbocycles. The Morgan fingerprint density at radius 2 is 2.22 bits per heavy atom. The van der Waals surface area contributed by atoms with Gasteiger partial charge in [-0.2, -0.15) is 0 Å². The summed E-state index contributed by atoms with van der Waals surface area (Å²) in [4.78, 5) is 14.5. The van der Waals surface area contributed by atoms with E-state index in [4.69, 9.17) is 4.74 Å². The molecule has 1 unspecified atom stereocenters. The number of likely N-dealkylation sites (N-methyl/N-ethyl adjacent to an activating group) is 1. The molecule has 0 spiro atoms. The third kappa shape index (κ3) is 4.66. The Labute approximate surface area is 112 Å². The number of hydrogen-bond acceptors (Lipinski definition) is 4. The summed E-state index contributed by atoms with van der Waals surface area (Å²) in [6.45, 7) is 5.40. The molecule has 1 rings (SSSR count). The van der Waals surface area contributed by atoms with Gasteiger partial charge >= 0.3 is 6.09 Å². The molecule has 0 bridgehead atoms. The van der Waals surface area contributed by atoms with Crippen LogP contribution < -0.4 is 0 Å². The van der Waals surface area contributed by atoms with Crippen LogP contribution in [0.4, 0.5) is 4.79 Å². The molecule has 1 aromatic rings. The fourth-order valence-electron chi connectivity index (χ4n) is 1.47. The highest BCUT2D eigenvalue weighted by atomic mass is 32.1. The van der Waals surface area contributed by atoms with Gasteiger partial charge in [0.25, 0.3) is 0 Å². The number of aliphatic hydroxyl groups excluding tert-OH is 1. The SMILES string of the molecule is CN(C(=O)OC(C)(C)C)C(CO)Cc1cccs1. The van der Waals surface area contributed by atoms with Crippen molar-refractivity contribution in [3.63, 3.8) is 0 Å². The third-order valence-electron chi connectivity index (χ3n) is 2.46. The van der Waals surface area contributed by atoms with Crippen molar-refractivity contribution < 1.29 is 14.6 Å². The molecule has 0 fully saturated rings. The number of nitrogens with zero attached hydrogens (tertiary/aromatic N) is 1. The van der Waals surface area contributed by atoms with Crippen molar-refractivity contribution in [1.29, 1.82) is 0 Å². The summed E-state index contributed by atoms with van der Waals surface area (Å²) in [5, 5.41) is 11.4. The predicted molar refractivity (Wildman–Crippen MR) is 72.9 cm³/mol. The maximum atomic E-state index is 11.9. The Balaban J connectivity index is 2.61. The predicted octanol–water partition coefficient (Wildman–Crippen LogP) is 2.52. The van der Waals surface area contributed by atoms with Gasteiger partial charge in [-0.25, -0.2) is 4.79 Å². The van der Waals surface area contributed by atoms with Gasteiger partial charge in [0.15, 0.2) is 0 Å². The molecule has 1 aromatic heterocycles. The average molecular weight is 271 g/mol. The highest BCUT2D eigenvalue weighted by Crippen LogP contribution is 2.16. The summed E-state index contributed by atoms with van der Waals surface area (Å²) in [7, 11) is 1.66. The van der Waals surface area contributed by atoms with Gasteiger partial charge < -0.3 is 14.7 Å². The summed E-state index contributed by atoms with van der Waals surface area (Å²) in [5.74, 6) is 0. The average Bonchev–Trinajstić information content (AvgIpc) is 2.75. The second-order valence-corrected chi connectivity index (χ2v) is 6.24. The first-order chi connectivity index (χ1) is 8.33. The van der Waals surface area contributed by atoms with Crippen molar-refractivity contribution in [2.24, 2.45) is 0 Å². The normalized spacial score (nSPS) is 13.2. The minimum absolute atomic E-state index is 0.0758. The molecule has 0 aromatic carbocycles. The van der Waals surface area contributed by atoms with Crippen molar-refractivity contribution in [2.75, 3.05) is 13.7 Å². The van der Waals surface area contributed by atoms with Crippen LogP contribution in [-0.2, 0) is 11.2 Å². The number of carbonyl (C=O) groups is 1. The van der Waals surface area contributed by atoms with Crippen LogP contribution in [0.5, 0.6) is 0 Å². The molecule has 1 heterocycles. The van der Waals surface area contributed by atoms with E-state index >= 15 is 0 Å².